The van der Waals surface area contributed by atoms with Gasteiger partial charge < -0.3 is 14.9 Å². The van der Waals surface area contributed by atoms with Gasteiger partial charge >= 0.3 is 0 Å². The lowest BCUT2D eigenvalue weighted by Crippen LogP contribution is -2.37. The van der Waals surface area contributed by atoms with E-state index < -0.39 is 6.10 Å². The van der Waals surface area contributed by atoms with Gasteiger partial charge in [0.1, 0.15) is 0 Å². The summed E-state index contributed by atoms with van der Waals surface area (Å²) in [4.78, 5) is 2.19. The van der Waals surface area contributed by atoms with Crippen molar-refractivity contribution >= 4 is 0 Å². The van der Waals surface area contributed by atoms with E-state index in [-0.39, 0.29) is 6.61 Å². The zero-order chi connectivity index (χ0) is 25.7. The maximum atomic E-state index is 10.3. The zero-order valence-electron chi connectivity index (χ0n) is 24.1. The highest BCUT2D eigenvalue weighted by Crippen LogP contribution is 2.13. The van der Waals surface area contributed by atoms with E-state index >= 15 is 0 Å². The van der Waals surface area contributed by atoms with Crippen LogP contribution in [0.15, 0.2) is 0 Å². The van der Waals surface area contributed by atoms with Gasteiger partial charge in [-0.15, -0.1) is 0 Å². The van der Waals surface area contributed by atoms with Gasteiger partial charge in [-0.3, -0.25) is 4.90 Å². The molecule has 4 nitrogen and oxygen atoms in total. The van der Waals surface area contributed by atoms with Crippen molar-refractivity contribution in [2.45, 2.75) is 161 Å². The van der Waals surface area contributed by atoms with Crippen LogP contribution in [0.4, 0.5) is 0 Å². The first kappa shape index (κ1) is 34.8. The van der Waals surface area contributed by atoms with Crippen LogP contribution in [-0.4, -0.2) is 60.7 Å². The Balaban J connectivity index is 3.47. The lowest BCUT2D eigenvalue weighted by Gasteiger charge is -2.24. The third kappa shape index (κ3) is 28.3. The molecule has 0 saturated carbocycles. The van der Waals surface area contributed by atoms with Crippen LogP contribution in [0.1, 0.15) is 155 Å². The van der Waals surface area contributed by atoms with E-state index in [0.29, 0.717) is 19.7 Å². The molecular formula is C31H65NO3. The largest absolute Gasteiger partial charge is 0.395 e. The van der Waals surface area contributed by atoms with Crippen LogP contribution in [0.2, 0.25) is 0 Å². The molecule has 0 radical (unpaired) electrons. The number of hydrogen-bond acceptors (Lipinski definition) is 4. The Labute approximate surface area is 220 Å². The Morgan fingerprint density at radius 1 is 0.543 bits per heavy atom. The zero-order valence-corrected chi connectivity index (χ0v) is 24.1. The minimum atomic E-state index is -0.456. The third-order valence-corrected chi connectivity index (χ3v) is 7.17. The first-order chi connectivity index (χ1) is 17.2. The summed E-state index contributed by atoms with van der Waals surface area (Å²) in [7, 11) is 0. The second-order valence-electron chi connectivity index (χ2n) is 10.8. The quantitative estimate of drug-likeness (QED) is 0.0976. The van der Waals surface area contributed by atoms with Gasteiger partial charge in [0.05, 0.1) is 19.3 Å². The number of ether oxygens (including phenoxy) is 1. The van der Waals surface area contributed by atoms with Crippen LogP contribution < -0.4 is 0 Å². The lowest BCUT2D eigenvalue weighted by atomic mass is 10.0. The maximum absolute atomic E-state index is 10.3. The van der Waals surface area contributed by atoms with Crippen LogP contribution in [0.5, 0.6) is 0 Å². The molecule has 212 valence electrons. The predicted molar refractivity (Wildman–Crippen MR) is 153 cm³/mol. The number of rotatable bonds is 30. The van der Waals surface area contributed by atoms with Gasteiger partial charge in [0.25, 0.3) is 0 Å². The van der Waals surface area contributed by atoms with Crippen molar-refractivity contribution in [1.29, 1.82) is 0 Å². The predicted octanol–water partition coefficient (Wildman–Crippen LogP) is 8.28. The van der Waals surface area contributed by atoms with Crippen molar-refractivity contribution in [3.63, 3.8) is 0 Å². The number of unbranched alkanes of at least 4 members (excludes halogenated alkanes) is 20. The molecule has 0 fully saturated rings. The maximum Gasteiger partial charge on any atom is 0.0900 e. The van der Waals surface area contributed by atoms with Crippen LogP contribution in [0.25, 0.3) is 0 Å². The van der Waals surface area contributed by atoms with Gasteiger partial charge in [0.2, 0.25) is 0 Å². The molecule has 1 unspecified atom stereocenters. The Morgan fingerprint density at radius 2 is 0.943 bits per heavy atom. The Kier molecular flexibility index (Phi) is 29.9. The summed E-state index contributed by atoms with van der Waals surface area (Å²) < 4.78 is 5.73. The average molecular weight is 500 g/mol. The third-order valence-electron chi connectivity index (χ3n) is 7.17. The minimum absolute atomic E-state index is 0.156. The molecular weight excluding hydrogens is 434 g/mol. The van der Waals surface area contributed by atoms with Crippen LogP contribution in [0, 0.1) is 0 Å². The highest BCUT2D eigenvalue weighted by molar-refractivity contribution is 4.65. The molecule has 0 aromatic heterocycles. The van der Waals surface area contributed by atoms with Gasteiger partial charge in [0.15, 0.2) is 0 Å². The van der Waals surface area contributed by atoms with Gasteiger partial charge in [-0.05, 0) is 19.4 Å². The van der Waals surface area contributed by atoms with E-state index in [4.69, 9.17) is 4.74 Å². The summed E-state index contributed by atoms with van der Waals surface area (Å²) in [5, 5.41) is 19.7. The van der Waals surface area contributed by atoms with Gasteiger partial charge in [-0.25, -0.2) is 0 Å². The number of nitrogens with zero attached hydrogens (tertiary/aromatic N) is 1. The molecule has 0 amide bonds. The number of hydrogen-bond donors (Lipinski definition) is 2. The van der Waals surface area contributed by atoms with Crippen molar-refractivity contribution < 1.29 is 14.9 Å². The van der Waals surface area contributed by atoms with E-state index in [1.165, 1.54) is 128 Å². The van der Waals surface area contributed by atoms with Crippen LogP contribution in [-0.2, 0) is 4.74 Å². The van der Waals surface area contributed by atoms with Gasteiger partial charge in [-0.2, -0.15) is 0 Å². The highest BCUT2D eigenvalue weighted by Gasteiger charge is 2.11. The molecule has 0 heterocycles. The number of aliphatic hydroxyl groups excluding tert-OH is 2. The molecule has 0 saturated heterocycles. The van der Waals surface area contributed by atoms with E-state index in [1.807, 2.05) is 0 Å². The summed E-state index contributed by atoms with van der Waals surface area (Å²) in [5.41, 5.74) is 0. The molecule has 0 aliphatic carbocycles. The SMILES string of the molecule is CCCCCCCCCCCCCCCCOCC(O)CN(CCO)CCCCCCCCCC. The van der Waals surface area contributed by atoms with Crippen molar-refractivity contribution in [1.82, 2.24) is 4.90 Å². The average Bonchev–Trinajstić information content (AvgIpc) is 2.85. The summed E-state index contributed by atoms with van der Waals surface area (Å²) in [6, 6.07) is 0. The highest BCUT2D eigenvalue weighted by atomic mass is 16.5. The van der Waals surface area contributed by atoms with Gasteiger partial charge in [0, 0.05) is 19.7 Å². The van der Waals surface area contributed by atoms with Crippen LogP contribution >= 0.6 is 0 Å². The molecule has 0 aliphatic rings. The van der Waals surface area contributed by atoms with Crippen LogP contribution in [0.3, 0.4) is 0 Å². The summed E-state index contributed by atoms with van der Waals surface area (Å²) >= 11 is 0. The fourth-order valence-electron chi connectivity index (χ4n) is 4.87. The molecule has 0 aromatic carbocycles. The fraction of sp³-hybridized carbons (Fsp3) is 1.00. The molecule has 0 rings (SSSR count). The second-order valence-corrected chi connectivity index (χ2v) is 10.8. The molecule has 0 bridgehead atoms. The van der Waals surface area contributed by atoms with Crippen molar-refractivity contribution in [2.75, 3.05) is 39.5 Å². The summed E-state index contributed by atoms with van der Waals surface area (Å²) in [6.45, 7) is 8.09. The topological polar surface area (TPSA) is 52.9 Å². The van der Waals surface area contributed by atoms with Crippen molar-refractivity contribution in [2.24, 2.45) is 0 Å². The molecule has 0 aliphatic heterocycles. The fourth-order valence-corrected chi connectivity index (χ4v) is 4.87. The lowest BCUT2D eigenvalue weighted by molar-refractivity contribution is 0.0127. The molecule has 35 heavy (non-hydrogen) atoms. The molecule has 4 heteroatoms. The van der Waals surface area contributed by atoms with E-state index in [2.05, 4.69) is 18.7 Å². The molecule has 0 aromatic rings. The molecule has 2 N–H and O–H groups in total. The number of aliphatic hydroxyl groups is 2. The van der Waals surface area contributed by atoms with Crippen molar-refractivity contribution in [3.05, 3.63) is 0 Å². The summed E-state index contributed by atoms with van der Waals surface area (Å²) in [6.07, 6.45) is 29.1. The van der Waals surface area contributed by atoms with Gasteiger partial charge in [-0.1, -0.05) is 142 Å². The monoisotopic (exact) mass is 499 g/mol. The normalized spacial score (nSPS) is 12.6. The Bertz CT molecular complexity index is 380. The first-order valence-electron chi connectivity index (χ1n) is 15.8. The first-order valence-corrected chi connectivity index (χ1v) is 15.8. The standard InChI is InChI=1S/C31H65NO3/c1-3-5-7-9-11-13-14-15-16-17-18-20-22-24-28-35-30-31(34)29-32(26-27-33)25-23-21-19-12-10-8-6-4-2/h31,33-34H,3-30H2,1-2H3. The second kappa shape index (κ2) is 30.1. The smallest absolute Gasteiger partial charge is 0.0900 e. The minimum Gasteiger partial charge on any atom is -0.395 e. The molecule has 0 spiro atoms. The van der Waals surface area contributed by atoms with Crippen molar-refractivity contribution in [3.8, 4) is 0 Å². The Morgan fingerprint density at radius 3 is 1.37 bits per heavy atom. The van der Waals surface area contributed by atoms with E-state index in [0.717, 1.165) is 26.0 Å². The molecule has 1 atom stereocenters. The Hall–Kier alpha value is -0.160. The summed E-state index contributed by atoms with van der Waals surface area (Å²) in [5.74, 6) is 0. The van der Waals surface area contributed by atoms with E-state index in [1.54, 1.807) is 0 Å². The van der Waals surface area contributed by atoms with E-state index in [9.17, 15) is 10.2 Å².